The summed E-state index contributed by atoms with van der Waals surface area (Å²) in [5.41, 5.74) is 5.90. The normalized spacial score (nSPS) is 47.1. The quantitative estimate of drug-likeness (QED) is 0.509. The van der Waals surface area contributed by atoms with E-state index in [1.165, 1.54) is 32.4 Å². The Hall–Kier alpha value is -0.0800. The summed E-state index contributed by atoms with van der Waals surface area (Å²) in [6.07, 6.45) is 3.94. The Balaban J connectivity index is 1.98. The molecule has 0 aromatic heterocycles. The zero-order valence-electron chi connectivity index (χ0n) is 6.34. The van der Waals surface area contributed by atoms with E-state index in [2.05, 4.69) is 5.32 Å². The van der Waals surface area contributed by atoms with E-state index < -0.39 is 0 Å². The van der Waals surface area contributed by atoms with Crippen molar-refractivity contribution in [2.45, 2.75) is 25.3 Å². The van der Waals surface area contributed by atoms with Crippen LogP contribution in [0.2, 0.25) is 0 Å². The number of hydrogen-bond acceptors (Lipinski definition) is 2. The zero-order chi connectivity index (χ0) is 6.97. The van der Waals surface area contributed by atoms with Gasteiger partial charge >= 0.3 is 0 Å². The number of hydrogen-bond donors (Lipinski definition) is 2. The van der Waals surface area contributed by atoms with Crippen LogP contribution in [0.5, 0.6) is 0 Å². The van der Waals surface area contributed by atoms with Crippen LogP contribution in [0.3, 0.4) is 0 Å². The molecule has 3 atom stereocenters. The summed E-state index contributed by atoms with van der Waals surface area (Å²) in [5.74, 6) is 1.78. The summed E-state index contributed by atoms with van der Waals surface area (Å²) in [7, 11) is 0. The lowest BCUT2D eigenvalue weighted by atomic mass is 9.76. The van der Waals surface area contributed by atoms with Gasteiger partial charge < -0.3 is 11.1 Å². The first-order valence-electron chi connectivity index (χ1n) is 4.31. The summed E-state index contributed by atoms with van der Waals surface area (Å²) in [6.45, 7) is 2.42. The predicted molar refractivity (Wildman–Crippen MR) is 41.7 cm³/mol. The first kappa shape index (κ1) is 6.62. The van der Waals surface area contributed by atoms with Crippen LogP contribution in [-0.2, 0) is 0 Å². The molecule has 2 aliphatic rings. The Morgan fingerprint density at radius 3 is 2.20 bits per heavy atom. The standard InChI is InChI=1S/C8H16N2/c9-8-2-6-1-7(3-8)5-10-4-6/h6-8,10H,1-5,9H2/t6-,7+,8?. The fraction of sp³-hybridized carbons (Fsp3) is 1.00. The fourth-order valence-electron chi connectivity index (χ4n) is 2.44. The molecule has 0 amide bonds. The van der Waals surface area contributed by atoms with E-state index in [1.807, 2.05) is 0 Å². The van der Waals surface area contributed by atoms with Crippen molar-refractivity contribution in [3.05, 3.63) is 0 Å². The van der Waals surface area contributed by atoms with Crippen molar-refractivity contribution >= 4 is 0 Å². The van der Waals surface area contributed by atoms with E-state index in [0.29, 0.717) is 6.04 Å². The molecular weight excluding hydrogens is 124 g/mol. The van der Waals surface area contributed by atoms with Crippen LogP contribution in [0, 0.1) is 11.8 Å². The largest absolute Gasteiger partial charge is 0.328 e. The highest BCUT2D eigenvalue weighted by atomic mass is 14.9. The topological polar surface area (TPSA) is 38.0 Å². The summed E-state index contributed by atoms with van der Waals surface area (Å²) in [5, 5.41) is 3.45. The molecule has 0 spiro atoms. The van der Waals surface area contributed by atoms with Gasteiger partial charge in [0.15, 0.2) is 0 Å². The van der Waals surface area contributed by atoms with E-state index in [1.54, 1.807) is 0 Å². The third kappa shape index (κ3) is 1.18. The molecule has 1 saturated carbocycles. The van der Waals surface area contributed by atoms with Crippen molar-refractivity contribution in [1.82, 2.24) is 5.32 Å². The van der Waals surface area contributed by atoms with E-state index in [4.69, 9.17) is 5.73 Å². The molecule has 10 heavy (non-hydrogen) atoms. The number of nitrogens with one attached hydrogen (secondary N) is 1. The van der Waals surface area contributed by atoms with E-state index in [9.17, 15) is 0 Å². The minimum atomic E-state index is 0.505. The van der Waals surface area contributed by atoms with Crippen LogP contribution in [0.15, 0.2) is 0 Å². The molecule has 0 radical (unpaired) electrons. The first-order chi connectivity index (χ1) is 4.84. The van der Waals surface area contributed by atoms with Gasteiger partial charge in [0, 0.05) is 6.04 Å². The van der Waals surface area contributed by atoms with Crippen molar-refractivity contribution < 1.29 is 0 Å². The monoisotopic (exact) mass is 140 g/mol. The Labute approximate surface area is 62.2 Å². The van der Waals surface area contributed by atoms with Crippen LogP contribution < -0.4 is 11.1 Å². The molecule has 1 aliphatic heterocycles. The molecule has 58 valence electrons. The second-order valence-electron chi connectivity index (χ2n) is 3.86. The molecule has 1 heterocycles. The van der Waals surface area contributed by atoms with Crippen molar-refractivity contribution in [2.75, 3.05) is 13.1 Å². The summed E-state index contributed by atoms with van der Waals surface area (Å²) < 4.78 is 0. The van der Waals surface area contributed by atoms with Crippen molar-refractivity contribution in [1.29, 1.82) is 0 Å². The van der Waals surface area contributed by atoms with Crippen LogP contribution in [-0.4, -0.2) is 19.1 Å². The maximum atomic E-state index is 5.90. The molecule has 2 fully saturated rings. The average Bonchev–Trinajstić information content (AvgIpc) is 1.85. The fourth-order valence-corrected chi connectivity index (χ4v) is 2.44. The minimum absolute atomic E-state index is 0.505. The third-order valence-corrected chi connectivity index (χ3v) is 2.80. The van der Waals surface area contributed by atoms with Crippen LogP contribution in [0.4, 0.5) is 0 Å². The van der Waals surface area contributed by atoms with Gasteiger partial charge in [0.25, 0.3) is 0 Å². The number of nitrogens with two attached hydrogens (primary N) is 1. The van der Waals surface area contributed by atoms with E-state index in [0.717, 1.165) is 11.8 Å². The lowest BCUT2D eigenvalue weighted by molar-refractivity contribution is 0.188. The second-order valence-corrected chi connectivity index (χ2v) is 3.86. The SMILES string of the molecule is NC1C[C@H]2CNC[C@@H](C1)C2. The van der Waals surface area contributed by atoms with Crippen molar-refractivity contribution in [3.8, 4) is 0 Å². The lowest BCUT2D eigenvalue weighted by Crippen LogP contribution is -2.45. The second kappa shape index (κ2) is 2.51. The van der Waals surface area contributed by atoms with E-state index in [-0.39, 0.29) is 0 Å². The maximum Gasteiger partial charge on any atom is 0.00450 e. The molecule has 0 aromatic carbocycles. The molecule has 0 aromatic rings. The molecule has 1 aliphatic carbocycles. The first-order valence-corrected chi connectivity index (χ1v) is 4.31. The van der Waals surface area contributed by atoms with Crippen LogP contribution in [0.25, 0.3) is 0 Å². The van der Waals surface area contributed by atoms with E-state index >= 15 is 0 Å². The van der Waals surface area contributed by atoms with Crippen LogP contribution in [0.1, 0.15) is 19.3 Å². The molecule has 3 N–H and O–H groups in total. The van der Waals surface area contributed by atoms with Crippen molar-refractivity contribution in [3.63, 3.8) is 0 Å². The van der Waals surface area contributed by atoms with Gasteiger partial charge in [-0.05, 0) is 44.2 Å². The Morgan fingerprint density at radius 1 is 1.00 bits per heavy atom. The summed E-state index contributed by atoms with van der Waals surface area (Å²) in [6, 6.07) is 0.505. The molecule has 2 nitrogen and oxygen atoms in total. The van der Waals surface area contributed by atoms with Gasteiger partial charge in [0.2, 0.25) is 0 Å². The highest BCUT2D eigenvalue weighted by Crippen LogP contribution is 2.30. The van der Waals surface area contributed by atoms with Gasteiger partial charge in [-0.15, -0.1) is 0 Å². The van der Waals surface area contributed by atoms with Gasteiger partial charge in [-0.2, -0.15) is 0 Å². The van der Waals surface area contributed by atoms with Gasteiger partial charge in [0.1, 0.15) is 0 Å². The Morgan fingerprint density at radius 2 is 1.60 bits per heavy atom. The molecule has 2 rings (SSSR count). The van der Waals surface area contributed by atoms with Gasteiger partial charge in [-0.25, -0.2) is 0 Å². The van der Waals surface area contributed by atoms with Crippen molar-refractivity contribution in [2.24, 2.45) is 17.6 Å². The third-order valence-electron chi connectivity index (χ3n) is 2.80. The summed E-state index contributed by atoms with van der Waals surface area (Å²) >= 11 is 0. The maximum absolute atomic E-state index is 5.90. The average molecular weight is 140 g/mol. The minimum Gasteiger partial charge on any atom is -0.328 e. The molecule has 1 unspecified atom stereocenters. The number of piperidine rings is 1. The van der Waals surface area contributed by atoms with Gasteiger partial charge in [0.05, 0.1) is 0 Å². The zero-order valence-corrected chi connectivity index (χ0v) is 6.34. The number of rotatable bonds is 0. The smallest absolute Gasteiger partial charge is 0.00450 e. The Kier molecular flexibility index (Phi) is 1.66. The van der Waals surface area contributed by atoms with Gasteiger partial charge in [-0.1, -0.05) is 0 Å². The molecule has 2 bridgehead atoms. The molecule has 1 saturated heterocycles. The van der Waals surface area contributed by atoms with Gasteiger partial charge in [-0.3, -0.25) is 0 Å². The number of fused-ring (bicyclic) bond motifs is 2. The summed E-state index contributed by atoms with van der Waals surface area (Å²) in [4.78, 5) is 0. The highest BCUT2D eigenvalue weighted by molar-refractivity contribution is 4.86. The van der Waals surface area contributed by atoms with Crippen LogP contribution >= 0.6 is 0 Å². The molecule has 2 heteroatoms. The molecular formula is C8H16N2. The highest BCUT2D eigenvalue weighted by Gasteiger charge is 2.29. The Bertz CT molecular complexity index is 108. The predicted octanol–water partition coefficient (Wildman–Crippen LogP) is 0.333. The lowest BCUT2D eigenvalue weighted by Gasteiger charge is -2.37.